The molecule has 0 bridgehead atoms. The molecule has 1 heterocycles. The van der Waals surface area contributed by atoms with Crippen molar-refractivity contribution in [3.8, 4) is 5.75 Å². The molecule has 1 amide bonds. The predicted octanol–water partition coefficient (Wildman–Crippen LogP) is 4.10. The van der Waals surface area contributed by atoms with Gasteiger partial charge in [-0.15, -0.1) is 0 Å². The molecule has 0 radical (unpaired) electrons. The van der Waals surface area contributed by atoms with Gasteiger partial charge in [0.25, 0.3) is 5.91 Å². The van der Waals surface area contributed by atoms with E-state index in [0.717, 1.165) is 12.8 Å². The summed E-state index contributed by atoms with van der Waals surface area (Å²) in [5.41, 5.74) is 1.01. The van der Waals surface area contributed by atoms with Crippen LogP contribution in [0.5, 0.6) is 5.75 Å². The zero-order chi connectivity index (χ0) is 20.0. The van der Waals surface area contributed by atoms with Crippen molar-refractivity contribution in [3.05, 3.63) is 39.6 Å². The third-order valence-corrected chi connectivity index (χ3v) is 4.38. The quantitative estimate of drug-likeness (QED) is 0.658. The second kappa shape index (κ2) is 9.62. The zero-order valence-electron chi connectivity index (χ0n) is 15.3. The van der Waals surface area contributed by atoms with Crippen LogP contribution in [0.1, 0.15) is 35.8 Å². The number of amides is 1. The highest BCUT2D eigenvalue weighted by molar-refractivity contribution is 6.32. The van der Waals surface area contributed by atoms with E-state index in [2.05, 4.69) is 10.4 Å². The third kappa shape index (κ3) is 5.37. The Bertz CT molecular complexity index is 836. The monoisotopic (exact) mass is 413 g/mol. The van der Waals surface area contributed by atoms with Crippen molar-refractivity contribution in [2.24, 2.45) is 0 Å². The van der Waals surface area contributed by atoms with Crippen LogP contribution in [0.15, 0.2) is 18.2 Å². The second-order valence-corrected chi connectivity index (χ2v) is 6.59. The number of ether oxygens (including phenoxy) is 2. The Morgan fingerprint density at radius 1 is 1.30 bits per heavy atom. The van der Waals surface area contributed by atoms with E-state index in [4.69, 9.17) is 32.7 Å². The highest BCUT2D eigenvalue weighted by atomic mass is 35.5. The van der Waals surface area contributed by atoms with Crippen LogP contribution in [0.3, 0.4) is 0 Å². The highest BCUT2D eigenvalue weighted by Gasteiger charge is 2.22. The lowest BCUT2D eigenvalue weighted by molar-refractivity contribution is -0.119. The summed E-state index contributed by atoms with van der Waals surface area (Å²) in [7, 11) is 1.47. The molecule has 0 spiro atoms. The molecule has 0 saturated heterocycles. The number of rotatable bonds is 8. The minimum atomic E-state index is -0.701. The van der Waals surface area contributed by atoms with Crippen molar-refractivity contribution in [1.82, 2.24) is 9.78 Å². The first-order chi connectivity index (χ1) is 12.9. The maximum atomic E-state index is 12.3. The maximum Gasteiger partial charge on any atom is 0.343 e. The van der Waals surface area contributed by atoms with Crippen LogP contribution in [0.4, 0.5) is 5.69 Å². The number of hydrogen-bond acceptors (Lipinski definition) is 5. The van der Waals surface area contributed by atoms with E-state index < -0.39 is 18.5 Å². The smallest absolute Gasteiger partial charge is 0.343 e. The summed E-state index contributed by atoms with van der Waals surface area (Å²) in [5, 5.41) is 7.49. The second-order valence-electron chi connectivity index (χ2n) is 5.80. The molecule has 2 aromatic rings. The van der Waals surface area contributed by atoms with E-state index in [9.17, 15) is 9.59 Å². The summed E-state index contributed by atoms with van der Waals surface area (Å²) in [5.74, 6) is -0.792. The molecule has 1 aromatic heterocycles. The average Bonchev–Trinajstić information content (AvgIpc) is 2.91. The highest BCUT2D eigenvalue weighted by Crippen LogP contribution is 2.27. The molecule has 27 heavy (non-hydrogen) atoms. The van der Waals surface area contributed by atoms with Gasteiger partial charge in [0.1, 0.15) is 16.5 Å². The number of unbranched alkanes of at least 4 members (excludes halogenated alkanes) is 1. The van der Waals surface area contributed by atoms with Crippen molar-refractivity contribution in [2.75, 3.05) is 19.0 Å². The fraction of sp³-hybridized carbons (Fsp3) is 0.389. The summed E-state index contributed by atoms with van der Waals surface area (Å²) in [6.45, 7) is 3.84. The van der Waals surface area contributed by atoms with Gasteiger partial charge in [0.05, 0.1) is 18.5 Å². The first kappa shape index (κ1) is 21.1. The number of aryl methyl sites for hydroxylation is 2. The number of benzene rings is 1. The van der Waals surface area contributed by atoms with Crippen molar-refractivity contribution in [3.63, 3.8) is 0 Å². The molecular weight excluding hydrogens is 393 g/mol. The molecule has 0 aliphatic rings. The van der Waals surface area contributed by atoms with Crippen molar-refractivity contribution < 1.29 is 19.1 Å². The van der Waals surface area contributed by atoms with E-state index in [1.807, 2.05) is 6.92 Å². The third-order valence-electron chi connectivity index (χ3n) is 3.76. The standard InChI is InChI=1S/C18H21Cl2N3O4/c1-4-5-8-23-17(20)16(11(2)22-23)18(25)27-10-15(24)21-13-9-12(19)6-7-14(13)26-3/h6-7,9H,4-5,8,10H2,1-3H3,(H,21,24). The topological polar surface area (TPSA) is 82.5 Å². The molecule has 0 unspecified atom stereocenters. The van der Waals surface area contributed by atoms with Gasteiger partial charge in [0.2, 0.25) is 0 Å². The molecule has 146 valence electrons. The lowest BCUT2D eigenvalue weighted by Gasteiger charge is -2.11. The maximum absolute atomic E-state index is 12.3. The van der Waals surface area contributed by atoms with Crippen LogP contribution in [0.25, 0.3) is 0 Å². The molecule has 7 nitrogen and oxygen atoms in total. The Labute approximate surface area is 167 Å². The van der Waals surface area contributed by atoms with Gasteiger partial charge >= 0.3 is 5.97 Å². The van der Waals surface area contributed by atoms with Gasteiger partial charge in [-0.05, 0) is 31.5 Å². The summed E-state index contributed by atoms with van der Waals surface area (Å²) < 4.78 is 11.8. The molecule has 0 fully saturated rings. The number of anilines is 1. The number of esters is 1. The van der Waals surface area contributed by atoms with Crippen LogP contribution in [-0.2, 0) is 16.1 Å². The molecule has 0 saturated carbocycles. The Morgan fingerprint density at radius 2 is 2.04 bits per heavy atom. The average molecular weight is 414 g/mol. The van der Waals surface area contributed by atoms with E-state index in [1.165, 1.54) is 7.11 Å². The minimum absolute atomic E-state index is 0.168. The van der Waals surface area contributed by atoms with E-state index >= 15 is 0 Å². The van der Waals surface area contributed by atoms with Crippen LogP contribution < -0.4 is 10.1 Å². The number of methoxy groups -OCH3 is 1. The Hall–Kier alpha value is -2.25. The Balaban J connectivity index is 2.00. The summed E-state index contributed by atoms with van der Waals surface area (Å²) >= 11 is 12.2. The number of carbonyl (C=O) groups is 2. The lowest BCUT2D eigenvalue weighted by Crippen LogP contribution is -2.21. The number of nitrogens with zero attached hydrogens (tertiary/aromatic N) is 2. The Kier molecular flexibility index (Phi) is 7.50. The van der Waals surface area contributed by atoms with Crippen LogP contribution in [-0.4, -0.2) is 35.4 Å². The van der Waals surface area contributed by atoms with Crippen LogP contribution in [0.2, 0.25) is 10.2 Å². The Morgan fingerprint density at radius 3 is 2.70 bits per heavy atom. The number of halogens is 2. The largest absolute Gasteiger partial charge is 0.495 e. The number of nitrogens with one attached hydrogen (secondary N) is 1. The van der Waals surface area contributed by atoms with E-state index in [0.29, 0.717) is 28.7 Å². The lowest BCUT2D eigenvalue weighted by atomic mass is 10.2. The molecule has 0 aliphatic carbocycles. The minimum Gasteiger partial charge on any atom is -0.495 e. The fourth-order valence-electron chi connectivity index (χ4n) is 2.41. The molecule has 0 atom stereocenters. The van der Waals surface area contributed by atoms with E-state index in [1.54, 1.807) is 29.8 Å². The first-order valence-corrected chi connectivity index (χ1v) is 9.16. The van der Waals surface area contributed by atoms with Crippen molar-refractivity contribution in [1.29, 1.82) is 0 Å². The molecule has 1 N–H and O–H groups in total. The van der Waals surface area contributed by atoms with Gasteiger partial charge in [-0.2, -0.15) is 5.10 Å². The predicted molar refractivity (Wildman–Crippen MR) is 104 cm³/mol. The van der Waals surface area contributed by atoms with Crippen molar-refractivity contribution >= 4 is 40.8 Å². The van der Waals surface area contributed by atoms with Crippen LogP contribution in [0, 0.1) is 6.92 Å². The first-order valence-electron chi connectivity index (χ1n) is 8.40. The van der Waals surface area contributed by atoms with Gasteiger partial charge in [0, 0.05) is 11.6 Å². The molecular formula is C18H21Cl2N3O4. The summed E-state index contributed by atoms with van der Waals surface area (Å²) in [4.78, 5) is 24.4. The molecule has 1 aromatic carbocycles. The number of aromatic nitrogens is 2. The van der Waals surface area contributed by atoms with Gasteiger partial charge in [-0.25, -0.2) is 4.79 Å². The summed E-state index contributed by atoms with van der Waals surface area (Å²) in [6.07, 6.45) is 1.86. The van der Waals surface area contributed by atoms with Gasteiger partial charge in [0.15, 0.2) is 6.61 Å². The number of carbonyl (C=O) groups excluding carboxylic acids is 2. The summed E-state index contributed by atoms with van der Waals surface area (Å²) in [6, 6.07) is 4.80. The molecule has 2 rings (SSSR count). The zero-order valence-corrected chi connectivity index (χ0v) is 16.9. The fourth-order valence-corrected chi connectivity index (χ4v) is 2.92. The van der Waals surface area contributed by atoms with Gasteiger partial charge < -0.3 is 14.8 Å². The van der Waals surface area contributed by atoms with Gasteiger partial charge in [-0.1, -0.05) is 36.5 Å². The van der Waals surface area contributed by atoms with Crippen LogP contribution >= 0.6 is 23.2 Å². The number of hydrogen-bond donors (Lipinski definition) is 1. The SMILES string of the molecule is CCCCn1nc(C)c(C(=O)OCC(=O)Nc2cc(Cl)ccc2OC)c1Cl. The normalized spacial score (nSPS) is 10.6. The van der Waals surface area contributed by atoms with E-state index in [-0.39, 0.29) is 10.7 Å². The van der Waals surface area contributed by atoms with Gasteiger partial charge in [-0.3, -0.25) is 9.48 Å². The molecule has 0 aliphatic heterocycles. The van der Waals surface area contributed by atoms with Crippen molar-refractivity contribution in [2.45, 2.75) is 33.2 Å². The molecule has 9 heteroatoms.